The minimum Gasteiger partial charge on any atom is -0.378 e. The van der Waals surface area contributed by atoms with Crippen LogP contribution >= 0.6 is 0 Å². The van der Waals surface area contributed by atoms with Crippen LogP contribution in [-0.2, 0) is 0 Å². The van der Waals surface area contributed by atoms with Gasteiger partial charge in [0, 0.05) is 19.8 Å². The Morgan fingerprint density at radius 1 is 1.10 bits per heavy atom. The van der Waals surface area contributed by atoms with Gasteiger partial charge in [0.05, 0.1) is 11.4 Å². The summed E-state index contributed by atoms with van der Waals surface area (Å²) in [6.07, 6.45) is 0. The summed E-state index contributed by atoms with van der Waals surface area (Å²) in [7, 11) is 4.03. The average molecular weight is 268 g/mol. The summed E-state index contributed by atoms with van der Waals surface area (Å²) < 4.78 is 0. The van der Waals surface area contributed by atoms with Gasteiger partial charge in [-0.15, -0.1) is 9.89 Å². The summed E-state index contributed by atoms with van der Waals surface area (Å²) in [5.74, 6) is 1.41. The first-order chi connectivity index (χ1) is 9.54. The van der Waals surface area contributed by atoms with Crippen LogP contribution in [0.4, 0.5) is 11.4 Å². The van der Waals surface area contributed by atoms with Crippen molar-refractivity contribution in [2.45, 2.75) is 13.8 Å². The highest BCUT2D eigenvalue weighted by atomic mass is 15.6. The molecule has 0 unspecified atom stereocenters. The standard InChI is InChI=1S/C14H16N6/c1-9-13(14-15-10(2)18-20(14)17-9)16-11-5-7-12(8-6-11)19(3)4/h5-8H,1-4H3. The van der Waals surface area contributed by atoms with Gasteiger partial charge >= 0.3 is 0 Å². The van der Waals surface area contributed by atoms with Crippen molar-refractivity contribution in [3.05, 3.63) is 35.9 Å². The van der Waals surface area contributed by atoms with Crippen LogP contribution in [0.2, 0.25) is 0 Å². The molecule has 0 amide bonds. The summed E-state index contributed by atoms with van der Waals surface area (Å²) in [6.45, 7) is 3.76. The van der Waals surface area contributed by atoms with Gasteiger partial charge in [-0.2, -0.15) is 5.10 Å². The molecule has 3 rings (SSSR count). The second kappa shape index (κ2) is 4.56. The SMILES string of the molecule is CC1=Nn2nc(C)nc2C1=Nc1ccc(N(C)C)cc1. The Labute approximate surface area is 117 Å². The Bertz CT molecular complexity index is 706. The van der Waals surface area contributed by atoms with Crippen LogP contribution in [0.25, 0.3) is 0 Å². The predicted molar refractivity (Wildman–Crippen MR) is 80.2 cm³/mol. The third-order valence-corrected chi connectivity index (χ3v) is 3.10. The molecule has 0 saturated heterocycles. The Kier molecular flexibility index (Phi) is 2.85. The molecular weight excluding hydrogens is 252 g/mol. The van der Waals surface area contributed by atoms with E-state index in [0.29, 0.717) is 11.6 Å². The minimum absolute atomic E-state index is 0.701. The number of rotatable bonds is 2. The summed E-state index contributed by atoms with van der Waals surface area (Å²) in [5.41, 5.74) is 3.64. The first-order valence-corrected chi connectivity index (χ1v) is 6.40. The molecule has 2 heterocycles. The molecule has 2 aromatic rings. The van der Waals surface area contributed by atoms with E-state index in [-0.39, 0.29) is 0 Å². The van der Waals surface area contributed by atoms with Gasteiger partial charge in [0.15, 0.2) is 5.82 Å². The van der Waals surface area contributed by atoms with Crippen molar-refractivity contribution >= 4 is 22.8 Å². The molecule has 1 aliphatic heterocycles. The highest BCUT2D eigenvalue weighted by Gasteiger charge is 2.23. The zero-order valence-corrected chi connectivity index (χ0v) is 12.0. The van der Waals surface area contributed by atoms with Crippen molar-refractivity contribution in [3.8, 4) is 0 Å². The molecule has 0 aliphatic carbocycles. The maximum Gasteiger partial charge on any atom is 0.204 e. The largest absolute Gasteiger partial charge is 0.378 e. The molecule has 1 aromatic carbocycles. The van der Waals surface area contributed by atoms with Crippen molar-refractivity contribution in [2.75, 3.05) is 19.0 Å². The smallest absolute Gasteiger partial charge is 0.204 e. The first-order valence-electron chi connectivity index (χ1n) is 6.40. The highest BCUT2D eigenvalue weighted by molar-refractivity contribution is 6.48. The van der Waals surface area contributed by atoms with E-state index in [2.05, 4.69) is 25.1 Å². The number of anilines is 1. The summed E-state index contributed by atoms with van der Waals surface area (Å²) >= 11 is 0. The fraction of sp³-hybridized carbons (Fsp3) is 0.286. The van der Waals surface area contributed by atoms with Crippen LogP contribution in [0.1, 0.15) is 18.6 Å². The van der Waals surface area contributed by atoms with Crippen LogP contribution in [0.3, 0.4) is 0 Å². The van der Waals surface area contributed by atoms with Gasteiger partial charge in [-0.3, -0.25) is 0 Å². The maximum atomic E-state index is 4.64. The van der Waals surface area contributed by atoms with Crippen molar-refractivity contribution in [1.82, 2.24) is 14.9 Å². The molecule has 102 valence electrons. The average Bonchev–Trinajstić information content (AvgIpc) is 2.88. The van der Waals surface area contributed by atoms with Crippen molar-refractivity contribution in [2.24, 2.45) is 10.1 Å². The van der Waals surface area contributed by atoms with Crippen LogP contribution in [-0.4, -0.2) is 40.4 Å². The normalized spacial score (nSPS) is 15.4. The Hall–Kier alpha value is -2.50. The minimum atomic E-state index is 0.701. The van der Waals surface area contributed by atoms with E-state index < -0.39 is 0 Å². The number of hydrogen-bond acceptors (Lipinski definition) is 5. The van der Waals surface area contributed by atoms with Gasteiger partial charge in [-0.25, -0.2) is 9.98 Å². The van der Waals surface area contributed by atoms with Gasteiger partial charge in [-0.05, 0) is 38.1 Å². The number of fused-ring (bicyclic) bond motifs is 1. The molecule has 20 heavy (non-hydrogen) atoms. The van der Waals surface area contributed by atoms with Crippen LogP contribution < -0.4 is 4.90 Å². The highest BCUT2D eigenvalue weighted by Crippen LogP contribution is 2.20. The van der Waals surface area contributed by atoms with Gasteiger partial charge in [0.25, 0.3) is 0 Å². The lowest BCUT2D eigenvalue weighted by atomic mass is 10.2. The summed E-state index contributed by atoms with van der Waals surface area (Å²) in [5, 5.41) is 8.52. The van der Waals surface area contributed by atoms with Crippen LogP contribution in [0.5, 0.6) is 0 Å². The quantitative estimate of drug-likeness (QED) is 0.837. The van der Waals surface area contributed by atoms with Crippen molar-refractivity contribution in [3.63, 3.8) is 0 Å². The molecule has 1 aromatic heterocycles. The van der Waals surface area contributed by atoms with E-state index in [9.17, 15) is 0 Å². The number of hydrogen-bond donors (Lipinski definition) is 0. The van der Waals surface area contributed by atoms with Gasteiger partial charge < -0.3 is 4.90 Å². The Morgan fingerprint density at radius 3 is 2.45 bits per heavy atom. The molecule has 6 nitrogen and oxygen atoms in total. The maximum absolute atomic E-state index is 4.64. The van der Waals surface area contributed by atoms with Gasteiger partial charge in [-0.1, -0.05) is 0 Å². The lowest BCUT2D eigenvalue weighted by molar-refractivity contribution is 0.736. The topological polar surface area (TPSA) is 58.7 Å². The lowest BCUT2D eigenvalue weighted by Crippen LogP contribution is -2.09. The fourth-order valence-electron chi connectivity index (χ4n) is 2.06. The Morgan fingerprint density at radius 2 is 1.80 bits per heavy atom. The zero-order chi connectivity index (χ0) is 14.3. The molecule has 0 radical (unpaired) electrons. The zero-order valence-electron chi connectivity index (χ0n) is 12.0. The second-order valence-electron chi connectivity index (χ2n) is 4.93. The molecule has 1 aliphatic rings. The lowest BCUT2D eigenvalue weighted by Gasteiger charge is -2.11. The van der Waals surface area contributed by atoms with Gasteiger partial charge in [0.1, 0.15) is 5.71 Å². The van der Waals surface area contributed by atoms with Crippen molar-refractivity contribution < 1.29 is 0 Å². The van der Waals surface area contributed by atoms with E-state index in [1.54, 1.807) is 0 Å². The fourth-order valence-corrected chi connectivity index (χ4v) is 2.06. The van der Waals surface area contributed by atoms with Crippen LogP contribution in [0, 0.1) is 6.92 Å². The number of aromatic nitrogens is 3. The molecule has 0 saturated carbocycles. The van der Waals surface area contributed by atoms with E-state index >= 15 is 0 Å². The summed E-state index contributed by atoms with van der Waals surface area (Å²) in [4.78, 5) is 12.6. The number of aryl methyl sites for hydroxylation is 1. The van der Waals surface area contributed by atoms with E-state index in [1.807, 2.05) is 52.2 Å². The van der Waals surface area contributed by atoms with E-state index in [1.165, 1.54) is 4.79 Å². The second-order valence-corrected chi connectivity index (χ2v) is 4.93. The monoisotopic (exact) mass is 268 g/mol. The molecular formula is C14H16N6. The molecule has 0 bridgehead atoms. The molecule has 6 heteroatoms. The number of nitrogens with zero attached hydrogens (tertiary/aromatic N) is 6. The number of benzene rings is 1. The summed E-state index contributed by atoms with van der Waals surface area (Å²) in [6, 6.07) is 8.05. The molecule has 0 atom stereocenters. The molecule has 0 fully saturated rings. The van der Waals surface area contributed by atoms with E-state index in [4.69, 9.17) is 0 Å². The molecule has 0 spiro atoms. The van der Waals surface area contributed by atoms with Crippen molar-refractivity contribution in [1.29, 1.82) is 0 Å². The Balaban J connectivity index is 1.98. The van der Waals surface area contributed by atoms with Crippen LogP contribution in [0.15, 0.2) is 34.4 Å². The molecule has 0 N–H and O–H groups in total. The predicted octanol–water partition coefficient (Wildman–Crippen LogP) is 2.01. The first kappa shape index (κ1) is 12.5. The third kappa shape index (κ3) is 2.09. The third-order valence-electron chi connectivity index (χ3n) is 3.10. The van der Waals surface area contributed by atoms with E-state index in [0.717, 1.165) is 22.8 Å². The number of aliphatic imine (C=N–C) groups is 1. The van der Waals surface area contributed by atoms with Gasteiger partial charge in [0.2, 0.25) is 5.82 Å².